The number of hydrogen-bond acceptors (Lipinski definition) is 3. The Hall–Kier alpha value is -1.69. The summed E-state index contributed by atoms with van der Waals surface area (Å²) in [5.74, 6) is 1.27. The first-order chi connectivity index (χ1) is 10.1. The molecular formula is C15H18N2O3S. The van der Waals surface area contributed by atoms with E-state index >= 15 is 0 Å². The molecule has 21 heavy (non-hydrogen) atoms. The summed E-state index contributed by atoms with van der Waals surface area (Å²) in [4.78, 5) is 23.6. The zero-order valence-corrected chi connectivity index (χ0v) is 12.5. The fourth-order valence-electron chi connectivity index (χ4n) is 2.73. The van der Waals surface area contributed by atoms with Gasteiger partial charge in [-0.05, 0) is 43.0 Å². The molecule has 0 bridgehead atoms. The molecule has 2 N–H and O–H groups in total. The number of benzene rings is 1. The van der Waals surface area contributed by atoms with Crippen LogP contribution < -0.4 is 10.6 Å². The van der Waals surface area contributed by atoms with Gasteiger partial charge >= 0.3 is 0 Å². The predicted molar refractivity (Wildman–Crippen MR) is 81.8 cm³/mol. The Morgan fingerprint density at radius 2 is 2.00 bits per heavy atom. The third-order valence-electron chi connectivity index (χ3n) is 3.99. The summed E-state index contributed by atoms with van der Waals surface area (Å²) in [6, 6.07) is 5.49. The minimum absolute atomic E-state index is 0.0231. The smallest absolute Gasteiger partial charge is 0.251 e. The molecule has 2 amide bonds. The zero-order valence-electron chi connectivity index (χ0n) is 11.7. The molecule has 0 unspecified atom stereocenters. The van der Waals surface area contributed by atoms with Crippen molar-refractivity contribution in [3.63, 3.8) is 0 Å². The fourth-order valence-corrected chi connectivity index (χ4v) is 4.03. The lowest BCUT2D eigenvalue weighted by atomic mass is 10.00. The van der Waals surface area contributed by atoms with Crippen LogP contribution in [0, 0.1) is 0 Å². The molecular weight excluding hydrogens is 288 g/mol. The lowest BCUT2D eigenvalue weighted by molar-refractivity contribution is -0.116. The van der Waals surface area contributed by atoms with Crippen LogP contribution >= 0.6 is 0 Å². The van der Waals surface area contributed by atoms with Gasteiger partial charge in [0, 0.05) is 46.0 Å². The summed E-state index contributed by atoms with van der Waals surface area (Å²) >= 11 is 0. The highest BCUT2D eigenvalue weighted by atomic mass is 32.2. The molecule has 0 spiro atoms. The average Bonchev–Trinajstić information content (AvgIpc) is 2.49. The van der Waals surface area contributed by atoms with Crippen molar-refractivity contribution in [2.45, 2.75) is 31.7 Å². The van der Waals surface area contributed by atoms with Gasteiger partial charge < -0.3 is 10.6 Å². The van der Waals surface area contributed by atoms with Gasteiger partial charge in [0.05, 0.1) is 0 Å². The van der Waals surface area contributed by atoms with E-state index in [1.165, 1.54) is 0 Å². The van der Waals surface area contributed by atoms with E-state index in [0.29, 0.717) is 29.9 Å². The minimum Gasteiger partial charge on any atom is -0.349 e. The molecule has 0 atom stereocenters. The molecule has 0 saturated carbocycles. The van der Waals surface area contributed by atoms with E-state index < -0.39 is 10.8 Å². The SMILES string of the molecule is O=C1CCc2cc(C(=O)NC3CCS(=O)CC3)ccc2N1. The molecule has 1 aromatic rings. The van der Waals surface area contributed by atoms with Gasteiger partial charge in [-0.3, -0.25) is 13.8 Å². The Kier molecular flexibility index (Phi) is 4.05. The first-order valence-electron chi connectivity index (χ1n) is 7.20. The van der Waals surface area contributed by atoms with Crippen LogP contribution in [0.25, 0.3) is 0 Å². The van der Waals surface area contributed by atoms with E-state index in [1.54, 1.807) is 12.1 Å². The molecule has 1 aromatic carbocycles. The molecule has 2 heterocycles. The number of nitrogens with one attached hydrogen (secondary N) is 2. The summed E-state index contributed by atoms with van der Waals surface area (Å²) in [5, 5.41) is 5.82. The van der Waals surface area contributed by atoms with E-state index in [1.807, 2.05) is 6.07 Å². The Bertz CT molecular complexity index is 605. The Morgan fingerprint density at radius 3 is 2.76 bits per heavy atom. The third-order valence-corrected chi connectivity index (χ3v) is 5.37. The molecule has 1 saturated heterocycles. The molecule has 0 radical (unpaired) electrons. The van der Waals surface area contributed by atoms with Gasteiger partial charge in [-0.2, -0.15) is 0 Å². The summed E-state index contributed by atoms with van der Waals surface area (Å²) in [6.45, 7) is 0. The highest BCUT2D eigenvalue weighted by Crippen LogP contribution is 2.23. The molecule has 3 rings (SSSR count). The van der Waals surface area contributed by atoms with Crippen molar-refractivity contribution in [3.05, 3.63) is 29.3 Å². The summed E-state index contributed by atoms with van der Waals surface area (Å²) in [5.41, 5.74) is 2.43. The Morgan fingerprint density at radius 1 is 1.24 bits per heavy atom. The van der Waals surface area contributed by atoms with Crippen molar-refractivity contribution in [2.75, 3.05) is 16.8 Å². The van der Waals surface area contributed by atoms with Crippen molar-refractivity contribution in [1.29, 1.82) is 0 Å². The van der Waals surface area contributed by atoms with Crippen molar-refractivity contribution in [3.8, 4) is 0 Å². The highest BCUT2D eigenvalue weighted by Gasteiger charge is 2.21. The summed E-state index contributed by atoms with van der Waals surface area (Å²) in [7, 11) is -0.717. The molecule has 2 aliphatic rings. The van der Waals surface area contributed by atoms with Gasteiger partial charge in [0.1, 0.15) is 0 Å². The third kappa shape index (κ3) is 3.32. The maximum absolute atomic E-state index is 12.3. The van der Waals surface area contributed by atoms with Crippen molar-refractivity contribution in [2.24, 2.45) is 0 Å². The summed E-state index contributed by atoms with van der Waals surface area (Å²) in [6.07, 6.45) is 2.69. The van der Waals surface area contributed by atoms with E-state index in [0.717, 1.165) is 24.1 Å². The molecule has 1 fully saturated rings. The van der Waals surface area contributed by atoms with Gasteiger partial charge in [0.2, 0.25) is 5.91 Å². The lowest BCUT2D eigenvalue weighted by Crippen LogP contribution is -2.39. The number of hydrogen-bond donors (Lipinski definition) is 2. The predicted octanol–water partition coefficient (Wildman–Crippen LogP) is 1.21. The van der Waals surface area contributed by atoms with E-state index in [9.17, 15) is 13.8 Å². The minimum atomic E-state index is -0.717. The van der Waals surface area contributed by atoms with Crippen molar-refractivity contribution in [1.82, 2.24) is 5.32 Å². The fraction of sp³-hybridized carbons (Fsp3) is 0.467. The largest absolute Gasteiger partial charge is 0.349 e. The molecule has 6 heteroatoms. The second kappa shape index (κ2) is 5.97. The van der Waals surface area contributed by atoms with Gasteiger partial charge in [0.15, 0.2) is 0 Å². The quantitative estimate of drug-likeness (QED) is 0.862. The van der Waals surface area contributed by atoms with Crippen LogP contribution in [0.5, 0.6) is 0 Å². The molecule has 0 aliphatic carbocycles. The molecule has 5 nitrogen and oxygen atoms in total. The first-order valence-corrected chi connectivity index (χ1v) is 8.69. The maximum Gasteiger partial charge on any atom is 0.251 e. The van der Waals surface area contributed by atoms with Gasteiger partial charge in [-0.15, -0.1) is 0 Å². The number of carbonyl (C=O) groups is 2. The zero-order chi connectivity index (χ0) is 14.8. The second-order valence-corrected chi connectivity index (χ2v) is 7.21. The van der Waals surface area contributed by atoms with Crippen molar-refractivity contribution < 1.29 is 13.8 Å². The number of anilines is 1. The van der Waals surface area contributed by atoms with E-state index in [2.05, 4.69) is 10.6 Å². The van der Waals surface area contributed by atoms with Crippen LogP contribution in [0.2, 0.25) is 0 Å². The highest BCUT2D eigenvalue weighted by molar-refractivity contribution is 7.85. The normalized spacial score (nSPS) is 24.9. The molecule has 0 aromatic heterocycles. The topological polar surface area (TPSA) is 75.3 Å². The first kappa shape index (κ1) is 14.3. The number of fused-ring (bicyclic) bond motifs is 1. The van der Waals surface area contributed by atoms with Crippen LogP contribution in [-0.2, 0) is 22.0 Å². The van der Waals surface area contributed by atoms with Gasteiger partial charge in [0.25, 0.3) is 5.91 Å². The van der Waals surface area contributed by atoms with Crippen LogP contribution in [-0.4, -0.2) is 33.6 Å². The number of carbonyl (C=O) groups excluding carboxylic acids is 2. The van der Waals surface area contributed by atoms with E-state index in [4.69, 9.17) is 0 Å². The number of rotatable bonds is 2. The second-order valence-electron chi connectivity index (χ2n) is 5.52. The lowest BCUT2D eigenvalue weighted by Gasteiger charge is -2.23. The Balaban J connectivity index is 1.67. The molecule has 112 valence electrons. The van der Waals surface area contributed by atoms with Gasteiger partial charge in [-0.25, -0.2) is 0 Å². The number of amides is 2. The monoisotopic (exact) mass is 306 g/mol. The van der Waals surface area contributed by atoms with E-state index in [-0.39, 0.29) is 17.9 Å². The van der Waals surface area contributed by atoms with Crippen LogP contribution in [0.4, 0.5) is 5.69 Å². The molecule has 2 aliphatic heterocycles. The van der Waals surface area contributed by atoms with Crippen LogP contribution in [0.1, 0.15) is 35.2 Å². The van der Waals surface area contributed by atoms with Crippen LogP contribution in [0.3, 0.4) is 0 Å². The maximum atomic E-state index is 12.3. The van der Waals surface area contributed by atoms with Gasteiger partial charge in [-0.1, -0.05) is 0 Å². The standard InChI is InChI=1S/C15H18N2O3S/c18-14-4-2-10-9-11(1-3-13(10)17-14)15(19)16-12-5-7-21(20)8-6-12/h1,3,9,12H,2,4-8H2,(H,16,19)(H,17,18). The summed E-state index contributed by atoms with van der Waals surface area (Å²) < 4.78 is 11.3. The van der Waals surface area contributed by atoms with Crippen molar-refractivity contribution >= 4 is 28.3 Å². The van der Waals surface area contributed by atoms with Crippen LogP contribution in [0.15, 0.2) is 18.2 Å². The Labute approximate surface area is 126 Å². The average molecular weight is 306 g/mol. The number of aryl methyl sites for hydroxylation is 1.